The topological polar surface area (TPSA) is 73.6 Å². The van der Waals surface area contributed by atoms with Gasteiger partial charge in [-0.1, -0.05) is 0 Å². The number of nitrogens with zero attached hydrogens (tertiary/aromatic N) is 1. The largest absolute Gasteiger partial charge is 0.357 e. The highest BCUT2D eigenvalue weighted by atomic mass is 16.1. The highest BCUT2D eigenvalue weighted by molar-refractivity contribution is 5.92. The lowest BCUT2D eigenvalue weighted by Gasteiger charge is -2.01. The molecule has 15 heavy (non-hydrogen) atoms. The molecular weight excluding hydrogens is 192 g/mol. The summed E-state index contributed by atoms with van der Waals surface area (Å²) in [6, 6.07) is 3.53. The Kier molecular flexibility index (Phi) is 2.82. The fraction of sp³-hybridized carbons (Fsp3) is 0.200. The van der Waals surface area contributed by atoms with Gasteiger partial charge in [-0.2, -0.15) is 0 Å². The van der Waals surface area contributed by atoms with E-state index in [0.717, 1.165) is 5.82 Å². The van der Waals surface area contributed by atoms with E-state index in [2.05, 4.69) is 20.3 Å². The molecule has 2 aromatic heterocycles. The summed E-state index contributed by atoms with van der Waals surface area (Å²) in [5, 5.41) is 2.79. The minimum atomic E-state index is -0.0912. The molecule has 0 saturated heterocycles. The molecule has 0 atom stereocenters. The minimum absolute atomic E-state index is 0.0912. The van der Waals surface area contributed by atoms with Gasteiger partial charge in [-0.15, -0.1) is 0 Å². The number of carbonyl (C=O) groups is 1. The summed E-state index contributed by atoms with van der Waals surface area (Å²) < 4.78 is 0. The standard InChI is InChI=1S/C10H12N4O/c15-10(8-2-1-4-11-8)14-5-3-9-12-6-7-13-9/h1-2,4,6-7,11H,3,5H2,(H,12,13)(H,14,15). The van der Waals surface area contributed by atoms with E-state index in [0.29, 0.717) is 18.7 Å². The highest BCUT2D eigenvalue weighted by Gasteiger charge is 2.04. The Hall–Kier alpha value is -2.04. The fourth-order valence-electron chi connectivity index (χ4n) is 1.30. The van der Waals surface area contributed by atoms with E-state index in [1.165, 1.54) is 0 Å². The second-order valence-electron chi connectivity index (χ2n) is 3.13. The molecule has 5 heteroatoms. The second-order valence-corrected chi connectivity index (χ2v) is 3.13. The smallest absolute Gasteiger partial charge is 0.267 e. The minimum Gasteiger partial charge on any atom is -0.357 e. The van der Waals surface area contributed by atoms with Crippen LogP contribution in [0.2, 0.25) is 0 Å². The van der Waals surface area contributed by atoms with Gasteiger partial charge in [0, 0.05) is 31.6 Å². The number of nitrogens with one attached hydrogen (secondary N) is 3. The van der Waals surface area contributed by atoms with Gasteiger partial charge in [0.2, 0.25) is 0 Å². The zero-order chi connectivity index (χ0) is 10.5. The molecule has 3 N–H and O–H groups in total. The highest BCUT2D eigenvalue weighted by Crippen LogP contribution is 1.94. The van der Waals surface area contributed by atoms with Crippen LogP contribution in [-0.4, -0.2) is 27.4 Å². The molecule has 0 aliphatic rings. The van der Waals surface area contributed by atoms with Crippen LogP contribution in [-0.2, 0) is 6.42 Å². The molecule has 2 aromatic rings. The Labute approximate surface area is 86.9 Å². The van der Waals surface area contributed by atoms with Gasteiger partial charge in [-0.3, -0.25) is 4.79 Å². The summed E-state index contributed by atoms with van der Waals surface area (Å²) in [4.78, 5) is 21.3. The number of hydrogen-bond donors (Lipinski definition) is 3. The van der Waals surface area contributed by atoms with E-state index in [4.69, 9.17) is 0 Å². The molecule has 5 nitrogen and oxygen atoms in total. The second kappa shape index (κ2) is 4.45. The molecule has 0 fully saturated rings. The number of carbonyl (C=O) groups excluding carboxylic acids is 1. The summed E-state index contributed by atoms with van der Waals surface area (Å²) >= 11 is 0. The molecule has 0 radical (unpaired) electrons. The average Bonchev–Trinajstić information content (AvgIpc) is 2.90. The molecule has 0 unspecified atom stereocenters. The molecular formula is C10H12N4O. The zero-order valence-corrected chi connectivity index (χ0v) is 8.16. The van der Waals surface area contributed by atoms with E-state index in [9.17, 15) is 4.79 Å². The third kappa shape index (κ3) is 2.46. The molecule has 78 valence electrons. The maximum absolute atomic E-state index is 11.5. The SMILES string of the molecule is O=C(NCCc1ncc[nH]1)c1ccc[nH]1. The van der Waals surface area contributed by atoms with E-state index in [1.807, 2.05) is 0 Å². The van der Waals surface area contributed by atoms with Gasteiger partial charge in [-0.25, -0.2) is 4.98 Å². The van der Waals surface area contributed by atoms with Crippen molar-refractivity contribution in [3.05, 3.63) is 42.2 Å². The first-order valence-electron chi connectivity index (χ1n) is 4.76. The van der Waals surface area contributed by atoms with Crippen molar-refractivity contribution >= 4 is 5.91 Å². The van der Waals surface area contributed by atoms with E-state index in [-0.39, 0.29) is 5.91 Å². The molecule has 0 bridgehead atoms. The molecule has 2 heterocycles. The van der Waals surface area contributed by atoms with Crippen molar-refractivity contribution in [3.8, 4) is 0 Å². The van der Waals surface area contributed by atoms with Crippen LogP contribution in [0.3, 0.4) is 0 Å². The van der Waals surface area contributed by atoms with Crippen molar-refractivity contribution in [1.82, 2.24) is 20.3 Å². The first-order chi connectivity index (χ1) is 7.36. The molecule has 0 aromatic carbocycles. The number of amides is 1. The van der Waals surface area contributed by atoms with Crippen molar-refractivity contribution in [2.24, 2.45) is 0 Å². The number of imidazole rings is 1. The Balaban J connectivity index is 1.77. The van der Waals surface area contributed by atoms with Crippen LogP contribution in [0.1, 0.15) is 16.3 Å². The number of hydrogen-bond acceptors (Lipinski definition) is 2. The van der Waals surface area contributed by atoms with Crippen LogP contribution in [0, 0.1) is 0 Å². The van der Waals surface area contributed by atoms with E-state index in [1.54, 1.807) is 30.7 Å². The predicted octanol–water partition coefficient (Wildman–Crippen LogP) is 0.710. The first-order valence-corrected chi connectivity index (χ1v) is 4.76. The van der Waals surface area contributed by atoms with E-state index < -0.39 is 0 Å². The average molecular weight is 204 g/mol. The lowest BCUT2D eigenvalue weighted by atomic mass is 10.3. The Bertz CT molecular complexity index is 405. The van der Waals surface area contributed by atoms with Gasteiger partial charge in [0.1, 0.15) is 11.5 Å². The Morgan fingerprint density at radius 2 is 2.33 bits per heavy atom. The maximum Gasteiger partial charge on any atom is 0.267 e. The molecule has 0 aliphatic carbocycles. The van der Waals surface area contributed by atoms with Crippen LogP contribution < -0.4 is 5.32 Å². The van der Waals surface area contributed by atoms with Crippen LogP contribution >= 0.6 is 0 Å². The lowest BCUT2D eigenvalue weighted by molar-refractivity contribution is 0.0949. The monoisotopic (exact) mass is 204 g/mol. The number of aromatic amines is 2. The Morgan fingerprint density at radius 3 is 3.00 bits per heavy atom. The fourth-order valence-corrected chi connectivity index (χ4v) is 1.30. The third-order valence-corrected chi connectivity index (χ3v) is 2.04. The van der Waals surface area contributed by atoms with E-state index >= 15 is 0 Å². The van der Waals surface area contributed by atoms with Gasteiger partial charge >= 0.3 is 0 Å². The van der Waals surface area contributed by atoms with Crippen LogP contribution in [0.4, 0.5) is 0 Å². The van der Waals surface area contributed by atoms with Gasteiger partial charge in [0.05, 0.1) is 0 Å². The molecule has 2 rings (SSSR count). The maximum atomic E-state index is 11.5. The molecule has 0 saturated carbocycles. The third-order valence-electron chi connectivity index (χ3n) is 2.04. The molecule has 0 aliphatic heterocycles. The summed E-state index contributed by atoms with van der Waals surface area (Å²) in [5.74, 6) is 0.786. The number of aromatic nitrogens is 3. The predicted molar refractivity (Wildman–Crippen MR) is 55.4 cm³/mol. The molecule has 0 spiro atoms. The first kappa shape index (κ1) is 9.51. The van der Waals surface area contributed by atoms with Crippen molar-refractivity contribution in [1.29, 1.82) is 0 Å². The summed E-state index contributed by atoms with van der Waals surface area (Å²) in [6.45, 7) is 0.575. The molecule has 1 amide bonds. The van der Waals surface area contributed by atoms with Gasteiger partial charge in [0.25, 0.3) is 5.91 Å². The van der Waals surface area contributed by atoms with Crippen molar-refractivity contribution in [2.75, 3.05) is 6.54 Å². The Morgan fingerprint density at radius 1 is 1.40 bits per heavy atom. The summed E-state index contributed by atoms with van der Waals surface area (Å²) in [7, 11) is 0. The quantitative estimate of drug-likeness (QED) is 0.686. The van der Waals surface area contributed by atoms with Crippen LogP contribution in [0.15, 0.2) is 30.7 Å². The van der Waals surface area contributed by atoms with Crippen molar-refractivity contribution in [3.63, 3.8) is 0 Å². The van der Waals surface area contributed by atoms with Crippen molar-refractivity contribution < 1.29 is 4.79 Å². The van der Waals surface area contributed by atoms with Crippen molar-refractivity contribution in [2.45, 2.75) is 6.42 Å². The normalized spacial score (nSPS) is 10.1. The number of rotatable bonds is 4. The number of H-pyrrole nitrogens is 2. The summed E-state index contributed by atoms with van der Waals surface area (Å²) in [6.07, 6.45) is 5.89. The van der Waals surface area contributed by atoms with Crippen LogP contribution in [0.25, 0.3) is 0 Å². The zero-order valence-electron chi connectivity index (χ0n) is 8.16. The van der Waals surface area contributed by atoms with Crippen LogP contribution in [0.5, 0.6) is 0 Å². The summed E-state index contributed by atoms with van der Waals surface area (Å²) in [5.41, 5.74) is 0.578. The lowest BCUT2D eigenvalue weighted by Crippen LogP contribution is -2.26. The van der Waals surface area contributed by atoms with Gasteiger partial charge < -0.3 is 15.3 Å². The van der Waals surface area contributed by atoms with Gasteiger partial charge in [-0.05, 0) is 12.1 Å². The van der Waals surface area contributed by atoms with Gasteiger partial charge in [0.15, 0.2) is 0 Å².